The average Bonchev–Trinajstić information content (AvgIpc) is 2.37. The van der Waals surface area contributed by atoms with Gasteiger partial charge in [0.2, 0.25) is 0 Å². The number of hydrogen-bond donors (Lipinski definition) is 0. The van der Waals surface area contributed by atoms with Crippen LogP contribution in [-0.2, 0) is 7.05 Å². The molecule has 2 aromatic heterocycles. The summed E-state index contributed by atoms with van der Waals surface area (Å²) in [5.74, 6) is 0. The van der Waals surface area contributed by atoms with Crippen molar-refractivity contribution in [1.29, 1.82) is 0 Å². The van der Waals surface area contributed by atoms with Crippen molar-refractivity contribution >= 4 is 33.2 Å². The minimum Gasteiger partial charge on any atom is -0.347 e. The van der Waals surface area contributed by atoms with Crippen LogP contribution in [0.4, 0.5) is 0 Å². The van der Waals surface area contributed by atoms with Gasteiger partial charge in [-0.1, -0.05) is 11.6 Å². The summed E-state index contributed by atoms with van der Waals surface area (Å²) in [6.07, 6.45) is 0. The van der Waals surface area contributed by atoms with Gasteiger partial charge in [-0.15, -0.1) is 11.3 Å². The molecule has 0 spiro atoms. The number of fused-ring (bicyclic) bond motifs is 1. The van der Waals surface area contributed by atoms with Crippen molar-refractivity contribution in [2.75, 3.05) is 0 Å². The van der Waals surface area contributed by atoms with Crippen molar-refractivity contribution in [3.05, 3.63) is 22.2 Å². The van der Waals surface area contributed by atoms with E-state index in [2.05, 4.69) is 24.6 Å². The van der Waals surface area contributed by atoms with E-state index in [-0.39, 0.29) is 0 Å². The summed E-state index contributed by atoms with van der Waals surface area (Å²) in [5.41, 5.74) is 2.51. The molecule has 1 nitrogen and oxygen atoms in total. The third-order valence-corrected chi connectivity index (χ3v) is 3.14. The SMILES string of the molecule is Cc1cc2sc(Cl)cc2n1C. The zero-order valence-corrected chi connectivity index (χ0v) is 7.96. The van der Waals surface area contributed by atoms with E-state index in [1.165, 1.54) is 15.9 Å². The van der Waals surface area contributed by atoms with Gasteiger partial charge in [0.25, 0.3) is 0 Å². The number of hydrogen-bond acceptors (Lipinski definition) is 1. The molecule has 0 fully saturated rings. The Bertz CT molecular complexity index is 399. The molecule has 0 atom stereocenters. The Labute approximate surface area is 74.2 Å². The summed E-state index contributed by atoms with van der Waals surface area (Å²) in [4.78, 5) is 0. The summed E-state index contributed by atoms with van der Waals surface area (Å²) in [7, 11) is 2.06. The van der Waals surface area contributed by atoms with Gasteiger partial charge in [0.1, 0.15) is 0 Å². The molecule has 0 aliphatic rings. The number of halogens is 1. The minimum absolute atomic E-state index is 0.866. The third-order valence-electron chi connectivity index (χ3n) is 1.94. The number of thiophene rings is 1. The van der Waals surface area contributed by atoms with Crippen LogP contribution in [0, 0.1) is 6.92 Å². The number of aryl methyl sites for hydroxylation is 2. The lowest BCUT2D eigenvalue weighted by Crippen LogP contribution is -1.87. The Morgan fingerprint density at radius 1 is 1.45 bits per heavy atom. The van der Waals surface area contributed by atoms with Crippen LogP contribution in [-0.4, -0.2) is 4.57 Å². The second kappa shape index (κ2) is 2.26. The molecule has 3 heteroatoms. The van der Waals surface area contributed by atoms with Crippen LogP contribution in [0.5, 0.6) is 0 Å². The van der Waals surface area contributed by atoms with Crippen molar-refractivity contribution < 1.29 is 0 Å². The first kappa shape index (κ1) is 7.19. The van der Waals surface area contributed by atoms with E-state index in [0.29, 0.717) is 0 Å². The zero-order valence-electron chi connectivity index (χ0n) is 6.39. The maximum Gasteiger partial charge on any atom is 0.0956 e. The Morgan fingerprint density at radius 3 is 2.82 bits per heavy atom. The molecule has 2 rings (SSSR count). The average molecular weight is 186 g/mol. The fourth-order valence-electron chi connectivity index (χ4n) is 1.21. The van der Waals surface area contributed by atoms with Crippen molar-refractivity contribution in [3.63, 3.8) is 0 Å². The molecular weight excluding hydrogens is 178 g/mol. The predicted molar refractivity (Wildman–Crippen MR) is 50.5 cm³/mol. The van der Waals surface area contributed by atoms with Gasteiger partial charge in [0.05, 0.1) is 14.6 Å². The molecule has 2 aromatic rings. The van der Waals surface area contributed by atoms with Gasteiger partial charge in [-0.3, -0.25) is 0 Å². The highest BCUT2D eigenvalue weighted by Crippen LogP contribution is 2.30. The summed E-state index contributed by atoms with van der Waals surface area (Å²) in [6.45, 7) is 2.10. The molecule has 2 heterocycles. The molecule has 58 valence electrons. The summed E-state index contributed by atoms with van der Waals surface area (Å²) < 4.78 is 4.29. The second-order valence-electron chi connectivity index (χ2n) is 2.64. The van der Waals surface area contributed by atoms with Gasteiger partial charge in [0.15, 0.2) is 0 Å². The Hall–Kier alpha value is -0.470. The van der Waals surface area contributed by atoms with Crippen molar-refractivity contribution in [2.45, 2.75) is 6.92 Å². The van der Waals surface area contributed by atoms with E-state index in [9.17, 15) is 0 Å². The van der Waals surface area contributed by atoms with Crippen LogP contribution in [0.25, 0.3) is 10.2 Å². The lowest BCUT2D eigenvalue weighted by atomic mass is 10.5. The molecule has 0 N–H and O–H groups in total. The Balaban J connectivity index is 2.88. The molecule has 0 saturated heterocycles. The van der Waals surface area contributed by atoms with Crippen molar-refractivity contribution in [3.8, 4) is 0 Å². The lowest BCUT2D eigenvalue weighted by Gasteiger charge is -1.93. The molecule has 0 aliphatic carbocycles. The highest BCUT2D eigenvalue weighted by atomic mass is 35.5. The quantitative estimate of drug-likeness (QED) is 0.594. The highest BCUT2D eigenvalue weighted by molar-refractivity contribution is 7.22. The maximum atomic E-state index is 5.85. The summed E-state index contributed by atoms with van der Waals surface area (Å²) in [5, 5.41) is 0. The van der Waals surface area contributed by atoms with Gasteiger partial charge in [0, 0.05) is 12.7 Å². The largest absolute Gasteiger partial charge is 0.347 e. The Morgan fingerprint density at radius 2 is 2.18 bits per heavy atom. The normalized spacial score (nSPS) is 11.2. The number of rotatable bonds is 0. The molecule has 0 aromatic carbocycles. The van der Waals surface area contributed by atoms with E-state index >= 15 is 0 Å². The molecular formula is C8H8ClNS. The van der Waals surface area contributed by atoms with Crippen molar-refractivity contribution in [1.82, 2.24) is 4.57 Å². The molecule has 0 radical (unpaired) electrons. The van der Waals surface area contributed by atoms with E-state index in [1.54, 1.807) is 11.3 Å². The third kappa shape index (κ3) is 0.976. The van der Waals surface area contributed by atoms with E-state index in [4.69, 9.17) is 11.6 Å². The predicted octanol–water partition coefficient (Wildman–Crippen LogP) is 3.20. The second-order valence-corrected chi connectivity index (χ2v) is 4.36. The molecule has 0 amide bonds. The van der Waals surface area contributed by atoms with Gasteiger partial charge in [-0.2, -0.15) is 0 Å². The van der Waals surface area contributed by atoms with Crippen LogP contribution >= 0.6 is 22.9 Å². The van der Waals surface area contributed by atoms with E-state index in [0.717, 1.165) is 4.34 Å². The first-order chi connectivity index (χ1) is 5.18. The van der Waals surface area contributed by atoms with Gasteiger partial charge in [-0.05, 0) is 19.1 Å². The van der Waals surface area contributed by atoms with Crippen LogP contribution < -0.4 is 0 Å². The summed E-state index contributed by atoms with van der Waals surface area (Å²) in [6, 6.07) is 4.17. The molecule has 0 aliphatic heterocycles. The van der Waals surface area contributed by atoms with E-state index < -0.39 is 0 Å². The van der Waals surface area contributed by atoms with E-state index in [1.807, 2.05) is 6.07 Å². The van der Waals surface area contributed by atoms with Crippen LogP contribution in [0.3, 0.4) is 0 Å². The topological polar surface area (TPSA) is 4.93 Å². The fourth-order valence-corrected chi connectivity index (χ4v) is 2.47. The minimum atomic E-state index is 0.866. The smallest absolute Gasteiger partial charge is 0.0956 e. The zero-order chi connectivity index (χ0) is 8.01. The van der Waals surface area contributed by atoms with Crippen LogP contribution in [0.15, 0.2) is 12.1 Å². The maximum absolute atomic E-state index is 5.85. The molecule has 0 unspecified atom stereocenters. The fraction of sp³-hybridized carbons (Fsp3) is 0.250. The first-order valence-corrected chi connectivity index (χ1v) is 4.59. The summed E-state index contributed by atoms with van der Waals surface area (Å²) >= 11 is 7.49. The number of nitrogens with zero attached hydrogens (tertiary/aromatic N) is 1. The van der Waals surface area contributed by atoms with Crippen molar-refractivity contribution in [2.24, 2.45) is 7.05 Å². The highest BCUT2D eigenvalue weighted by Gasteiger charge is 2.04. The molecule has 0 bridgehead atoms. The molecule has 0 saturated carbocycles. The standard InChI is InChI=1S/C8H8ClNS/c1-5-3-7-6(10(5)2)4-8(9)11-7/h3-4H,1-2H3. The Kier molecular flexibility index (Phi) is 1.48. The molecule has 11 heavy (non-hydrogen) atoms. The lowest BCUT2D eigenvalue weighted by molar-refractivity contribution is 0.919. The number of aromatic nitrogens is 1. The first-order valence-electron chi connectivity index (χ1n) is 3.40. The van der Waals surface area contributed by atoms with Crippen LogP contribution in [0.2, 0.25) is 4.34 Å². The van der Waals surface area contributed by atoms with Gasteiger partial charge in [-0.25, -0.2) is 0 Å². The van der Waals surface area contributed by atoms with Gasteiger partial charge < -0.3 is 4.57 Å². The van der Waals surface area contributed by atoms with Gasteiger partial charge >= 0.3 is 0 Å². The monoisotopic (exact) mass is 185 g/mol. The van der Waals surface area contributed by atoms with Crippen LogP contribution in [0.1, 0.15) is 5.69 Å².